The van der Waals surface area contributed by atoms with E-state index in [0.717, 1.165) is 19.4 Å². The van der Waals surface area contributed by atoms with E-state index in [-0.39, 0.29) is 12.2 Å². The van der Waals surface area contributed by atoms with Crippen LogP contribution in [0.1, 0.15) is 12.8 Å². The number of hydrogen-bond donors (Lipinski definition) is 3. The molecule has 1 aromatic carbocycles. The van der Waals surface area contributed by atoms with Crippen LogP contribution in [0.25, 0.3) is 0 Å². The SMILES string of the molecule is O=S1(=O)NC(C2CCCN2)Nc2ccccc21. The van der Waals surface area contributed by atoms with Crippen LogP contribution in [0, 0.1) is 0 Å². The number of fused-ring (bicyclic) bond motifs is 1. The highest BCUT2D eigenvalue weighted by molar-refractivity contribution is 7.89. The summed E-state index contributed by atoms with van der Waals surface area (Å²) >= 11 is 0. The van der Waals surface area contributed by atoms with Gasteiger partial charge in [0.15, 0.2) is 0 Å². The Morgan fingerprint density at radius 3 is 2.82 bits per heavy atom. The predicted octanol–water partition coefficient (Wildman–Crippen LogP) is 0.468. The third-order valence-corrected chi connectivity index (χ3v) is 4.77. The number of benzene rings is 1. The van der Waals surface area contributed by atoms with E-state index in [9.17, 15) is 8.42 Å². The van der Waals surface area contributed by atoms with Crippen LogP contribution in [0.5, 0.6) is 0 Å². The number of para-hydroxylation sites is 1. The van der Waals surface area contributed by atoms with Gasteiger partial charge in [0.05, 0.1) is 5.69 Å². The Kier molecular flexibility index (Phi) is 2.57. The largest absolute Gasteiger partial charge is 0.367 e. The van der Waals surface area contributed by atoms with Crippen LogP contribution in [-0.2, 0) is 10.0 Å². The van der Waals surface area contributed by atoms with E-state index in [1.54, 1.807) is 18.2 Å². The van der Waals surface area contributed by atoms with Crippen molar-refractivity contribution in [2.75, 3.05) is 11.9 Å². The molecule has 2 heterocycles. The highest BCUT2D eigenvalue weighted by atomic mass is 32.2. The van der Waals surface area contributed by atoms with Crippen molar-refractivity contribution in [1.29, 1.82) is 0 Å². The summed E-state index contributed by atoms with van der Waals surface area (Å²) < 4.78 is 26.8. The number of anilines is 1. The molecule has 3 rings (SSSR count). The lowest BCUT2D eigenvalue weighted by atomic mass is 10.1. The van der Waals surface area contributed by atoms with Crippen LogP contribution in [0.4, 0.5) is 5.69 Å². The Labute approximate surface area is 101 Å². The summed E-state index contributed by atoms with van der Waals surface area (Å²) in [5.41, 5.74) is 0.685. The second-order valence-electron chi connectivity index (χ2n) is 4.44. The van der Waals surface area contributed by atoms with Crippen molar-refractivity contribution in [2.24, 2.45) is 0 Å². The van der Waals surface area contributed by atoms with Gasteiger partial charge in [0, 0.05) is 6.04 Å². The van der Waals surface area contributed by atoms with Gasteiger partial charge in [-0.15, -0.1) is 0 Å². The molecule has 0 bridgehead atoms. The third-order valence-electron chi connectivity index (χ3n) is 3.27. The topological polar surface area (TPSA) is 70.2 Å². The first kappa shape index (κ1) is 11.0. The van der Waals surface area contributed by atoms with Crippen molar-refractivity contribution in [3.8, 4) is 0 Å². The molecule has 0 spiro atoms. The van der Waals surface area contributed by atoms with Gasteiger partial charge in [0.2, 0.25) is 10.0 Å². The van der Waals surface area contributed by atoms with E-state index < -0.39 is 10.0 Å². The highest BCUT2D eigenvalue weighted by Gasteiger charge is 2.34. The van der Waals surface area contributed by atoms with E-state index in [4.69, 9.17) is 0 Å². The number of rotatable bonds is 1. The average Bonchev–Trinajstić information content (AvgIpc) is 2.81. The second-order valence-corrected chi connectivity index (χ2v) is 6.12. The summed E-state index contributed by atoms with van der Waals surface area (Å²) in [4.78, 5) is 0.328. The molecule has 2 aliphatic heterocycles. The molecule has 0 aromatic heterocycles. The number of hydrogen-bond acceptors (Lipinski definition) is 4. The second kappa shape index (κ2) is 3.97. The summed E-state index contributed by atoms with van der Waals surface area (Å²) in [6.07, 6.45) is 1.83. The maximum atomic E-state index is 12.1. The van der Waals surface area contributed by atoms with Gasteiger partial charge in [-0.25, -0.2) is 8.42 Å². The van der Waals surface area contributed by atoms with E-state index in [2.05, 4.69) is 15.4 Å². The van der Waals surface area contributed by atoms with Gasteiger partial charge in [-0.05, 0) is 31.5 Å². The molecule has 0 saturated carbocycles. The van der Waals surface area contributed by atoms with Gasteiger partial charge in [0.1, 0.15) is 11.1 Å². The molecule has 92 valence electrons. The summed E-state index contributed by atoms with van der Waals surface area (Å²) in [5.74, 6) is 0. The van der Waals surface area contributed by atoms with Crippen molar-refractivity contribution in [3.63, 3.8) is 0 Å². The fraction of sp³-hybridized carbons (Fsp3) is 0.455. The summed E-state index contributed by atoms with van der Waals surface area (Å²) in [6, 6.07) is 7.15. The van der Waals surface area contributed by atoms with Crippen molar-refractivity contribution in [3.05, 3.63) is 24.3 Å². The van der Waals surface area contributed by atoms with E-state index in [1.807, 2.05) is 6.07 Å². The van der Waals surface area contributed by atoms with Crippen LogP contribution in [0.3, 0.4) is 0 Å². The Hall–Kier alpha value is -1.11. The maximum Gasteiger partial charge on any atom is 0.244 e. The standard InChI is InChI=1S/C11H15N3O2S/c15-17(16)10-6-2-1-4-8(10)13-11(14-17)9-5-3-7-12-9/h1-2,4,6,9,11-14H,3,5,7H2. The molecule has 3 N–H and O–H groups in total. The fourth-order valence-corrected chi connectivity index (χ4v) is 3.79. The first-order valence-electron chi connectivity index (χ1n) is 5.78. The van der Waals surface area contributed by atoms with Crippen LogP contribution >= 0.6 is 0 Å². The zero-order valence-corrected chi connectivity index (χ0v) is 10.1. The lowest BCUT2D eigenvalue weighted by Crippen LogP contribution is -2.54. The van der Waals surface area contributed by atoms with Crippen LogP contribution in [0.15, 0.2) is 29.2 Å². The molecule has 6 heteroatoms. The van der Waals surface area contributed by atoms with Crippen LogP contribution < -0.4 is 15.4 Å². The lowest BCUT2D eigenvalue weighted by molar-refractivity contribution is 0.472. The van der Waals surface area contributed by atoms with Crippen molar-refractivity contribution in [2.45, 2.75) is 29.9 Å². The van der Waals surface area contributed by atoms with Gasteiger partial charge in [-0.2, -0.15) is 4.72 Å². The van der Waals surface area contributed by atoms with E-state index in [1.165, 1.54) is 0 Å². The molecule has 17 heavy (non-hydrogen) atoms. The van der Waals surface area contributed by atoms with Gasteiger partial charge < -0.3 is 10.6 Å². The molecule has 2 atom stereocenters. The summed E-state index contributed by atoms with van der Waals surface area (Å²) in [6.45, 7) is 0.951. The average molecular weight is 253 g/mol. The van der Waals surface area contributed by atoms with Crippen molar-refractivity contribution < 1.29 is 8.42 Å². The third kappa shape index (κ3) is 1.92. The Morgan fingerprint density at radius 1 is 1.24 bits per heavy atom. The zero-order chi connectivity index (χ0) is 11.9. The number of nitrogens with one attached hydrogen (secondary N) is 3. The minimum absolute atomic E-state index is 0.165. The Morgan fingerprint density at radius 2 is 2.06 bits per heavy atom. The molecule has 5 nitrogen and oxygen atoms in total. The minimum Gasteiger partial charge on any atom is -0.367 e. The predicted molar refractivity (Wildman–Crippen MR) is 65.2 cm³/mol. The van der Waals surface area contributed by atoms with E-state index >= 15 is 0 Å². The molecule has 2 unspecified atom stereocenters. The van der Waals surface area contributed by atoms with E-state index in [0.29, 0.717) is 10.6 Å². The van der Waals surface area contributed by atoms with Gasteiger partial charge in [-0.3, -0.25) is 0 Å². The fourth-order valence-electron chi connectivity index (χ4n) is 2.43. The molecule has 1 fully saturated rings. The molecular formula is C11H15N3O2S. The molecule has 1 saturated heterocycles. The van der Waals surface area contributed by atoms with Crippen LogP contribution in [0.2, 0.25) is 0 Å². The normalized spacial score (nSPS) is 30.6. The summed E-state index contributed by atoms with van der Waals surface area (Å²) in [7, 11) is -3.38. The van der Waals surface area contributed by atoms with Gasteiger partial charge in [0.25, 0.3) is 0 Å². The van der Waals surface area contributed by atoms with Crippen LogP contribution in [-0.4, -0.2) is 27.2 Å². The monoisotopic (exact) mass is 253 g/mol. The van der Waals surface area contributed by atoms with Crippen molar-refractivity contribution in [1.82, 2.24) is 10.0 Å². The molecule has 1 aromatic rings. The van der Waals surface area contributed by atoms with Gasteiger partial charge in [-0.1, -0.05) is 12.1 Å². The van der Waals surface area contributed by atoms with Crippen molar-refractivity contribution >= 4 is 15.7 Å². The first-order chi connectivity index (χ1) is 8.17. The lowest BCUT2D eigenvalue weighted by Gasteiger charge is -2.31. The Balaban J connectivity index is 1.96. The minimum atomic E-state index is -3.38. The number of sulfonamides is 1. The molecular weight excluding hydrogens is 238 g/mol. The highest BCUT2D eigenvalue weighted by Crippen LogP contribution is 2.27. The smallest absolute Gasteiger partial charge is 0.244 e. The molecule has 0 aliphatic carbocycles. The Bertz CT molecular complexity index is 523. The zero-order valence-electron chi connectivity index (χ0n) is 9.31. The van der Waals surface area contributed by atoms with Gasteiger partial charge >= 0.3 is 0 Å². The quantitative estimate of drug-likeness (QED) is 0.680. The molecule has 2 aliphatic rings. The molecule has 0 amide bonds. The summed E-state index contributed by atoms with van der Waals surface area (Å²) in [5, 5.41) is 6.55. The maximum absolute atomic E-state index is 12.1. The first-order valence-corrected chi connectivity index (χ1v) is 7.26. The molecule has 0 radical (unpaired) electrons.